The standard InChI is InChI=1S/C17H33N3O2/c21-15-16-8-3-6-12-20(16)13-7-9-18-17(22)14-19-10-4-1-2-5-11-19/h16,21H,1-15H2,(H,18,22)/t16-/m0/s1. The molecule has 0 bridgehead atoms. The van der Waals surface area contributed by atoms with Gasteiger partial charge in [0.25, 0.3) is 0 Å². The van der Waals surface area contributed by atoms with E-state index in [-0.39, 0.29) is 12.5 Å². The van der Waals surface area contributed by atoms with Gasteiger partial charge in [0.2, 0.25) is 5.91 Å². The van der Waals surface area contributed by atoms with E-state index in [0.29, 0.717) is 12.6 Å². The molecule has 5 heteroatoms. The van der Waals surface area contributed by atoms with Gasteiger partial charge in [0.15, 0.2) is 0 Å². The maximum Gasteiger partial charge on any atom is 0.234 e. The van der Waals surface area contributed by atoms with Crippen LogP contribution in [0.2, 0.25) is 0 Å². The Balaban J connectivity index is 1.56. The minimum absolute atomic E-state index is 0.166. The Hall–Kier alpha value is -0.650. The summed E-state index contributed by atoms with van der Waals surface area (Å²) >= 11 is 0. The fourth-order valence-electron chi connectivity index (χ4n) is 3.62. The molecule has 0 aromatic heterocycles. The number of hydrogen-bond acceptors (Lipinski definition) is 4. The number of nitrogens with zero attached hydrogens (tertiary/aromatic N) is 2. The summed E-state index contributed by atoms with van der Waals surface area (Å²) in [7, 11) is 0. The number of nitrogens with one attached hydrogen (secondary N) is 1. The highest BCUT2D eigenvalue weighted by Gasteiger charge is 2.20. The minimum atomic E-state index is 0.166. The van der Waals surface area contributed by atoms with Crippen LogP contribution >= 0.6 is 0 Å². The van der Waals surface area contributed by atoms with E-state index in [9.17, 15) is 9.90 Å². The van der Waals surface area contributed by atoms with Gasteiger partial charge in [-0.15, -0.1) is 0 Å². The number of amides is 1. The maximum absolute atomic E-state index is 12.0. The minimum Gasteiger partial charge on any atom is -0.395 e. The Labute approximate surface area is 135 Å². The SMILES string of the molecule is O=C(CN1CCCCCC1)NCCCN1CCCC[C@H]1CO. The molecule has 2 fully saturated rings. The van der Waals surface area contributed by atoms with Gasteiger partial charge in [0.1, 0.15) is 0 Å². The Morgan fingerprint density at radius 3 is 2.50 bits per heavy atom. The van der Waals surface area contributed by atoms with Gasteiger partial charge in [-0.05, 0) is 51.7 Å². The summed E-state index contributed by atoms with van der Waals surface area (Å²) in [5.41, 5.74) is 0. The van der Waals surface area contributed by atoms with Crippen LogP contribution in [-0.4, -0.2) is 72.7 Å². The zero-order chi connectivity index (χ0) is 15.6. The summed E-state index contributed by atoms with van der Waals surface area (Å²) in [6, 6.07) is 0.335. The fraction of sp³-hybridized carbons (Fsp3) is 0.941. The average molecular weight is 311 g/mol. The molecule has 0 aliphatic carbocycles. The van der Waals surface area contributed by atoms with Crippen molar-refractivity contribution in [3.05, 3.63) is 0 Å². The molecule has 2 heterocycles. The molecule has 0 spiro atoms. The van der Waals surface area contributed by atoms with Gasteiger partial charge in [0, 0.05) is 19.1 Å². The summed E-state index contributed by atoms with van der Waals surface area (Å²) in [4.78, 5) is 16.7. The predicted molar refractivity (Wildman–Crippen MR) is 88.8 cm³/mol. The molecule has 128 valence electrons. The highest BCUT2D eigenvalue weighted by atomic mass is 16.3. The number of aliphatic hydroxyl groups excluding tert-OH is 1. The van der Waals surface area contributed by atoms with Gasteiger partial charge in [-0.2, -0.15) is 0 Å². The first-order valence-corrected chi connectivity index (χ1v) is 9.13. The van der Waals surface area contributed by atoms with Gasteiger partial charge < -0.3 is 10.4 Å². The quantitative estimate of drug-likeness (QED) is 0.694. The first-order chi connectivity index (χ1) is 10.8. The summed E-state index contributed by atoms with van der Waals surface area (Å²) in [6.45, 7) is 5.78. The lowest BCUT2D eigenvalue weighted by atomic mass is 10.0. The van der Waals surface area contributed by atoms with Crippen LogP contribution in [0.1, 0.15) is 51.4 Å². The predicted octanol–water partition coefficient (Wildman–Crippen LogP) is 1.22. The van der Waals surface area contributed by atoms with Crippen molar-refractivity contribution in [1.82, 2.24) is 15.1 Å². The summed E-state index contributed by atoms with van der Waals surface area (Å²) in [5.74, 6) is 0.166. The third-order valence-electron chi connectivity index (χ3n) is 4.97. The van der Waals surface area contributed by atoms with Gasteiger partial charge >= 0.3 is 0 Å². The van der Waals surface area contributed by atoms with Crippen molar-refractivity contribution in [2.75, 3.05) is 45.9 Å². The Bertz CT molecular complexity index is 317. The van der Waals surface area contributed by atoms with Crippen molar-refractivity contribution in [2.45, 2.75) is 57.4 Å². The molecular formula is C17H33N3O2. The van der Waals surface area contributed by atoms with Crippen molar-refractivity contribution in [3.8, 4) is 0 Å². The van der Waals surface area contributed by atoms with Crippen LogP contribution in [0.15, 0.2) is 0 Å². The molecule has 22 heavy (non-hydrogen) atoms. The third kappa shape index (κ3) is 6.23. The van der Waals surface area contributed by atoms with Crippen LogP contribution in [-0.2, 0) is 4.79 Å². The largest absolute Gasteiger partial charge is 0.395 e. The highest BCUT2D eigenvalue weighted by molar-refractivity contribution is 5.77. The van der Waals surface area contributed by atoms with E-state index in [4.69, 9.17) is 0 Å². The topological polar surface area (TPSA) is 55.8 Å². The first kappa shape index (κ1) is 17.7. The van der Waals surface area contributed by atoms with E-state index in [1.165, 1.54) is 38.5 Å². The van der Waals surface area contributed by atoms with E-state index < -0.39 is 0 Å². The molecule has 2 aliphatic heterocycles. The van der Waals surface area contributed by atoms with Crippen LogP contribution in [0.4, 0.5) is 0 Å². The number of piperidine rings is 1. The van der Waals surface area contributed by atoms with E-state index in [0.717, 1.165) is 45.6 Å². The lowest BCUT2D eigenvalue weighted by Gasteiger charge is -2.34. The molecule has 2 rings (SSSR count). The second-order valence-electron chi connectivity index (χ2n) is 6.76. The smallest absolute Gasteiger partial charge is 0.234 e. The number of carbonyl (C=O) groups excluding carboxylic acids is 1. The van der Waals surface area contributed by atoms with E-state index in [1.54, 1.807) is 0 Å². The number of likely N-dealkylation sites (tertiary alicyclic amines) is 2. The van der Waals surface area contributed by atoms with Crippen LogP contribution in [0, 0.1) is 0 Å². The number of rotatable bonds is 7. The Morgan fingerprint density at radius 1 is 1.05 bits per heavy atom. The van der Waals surface area contributed by atoms with Crippen molar-refractivity contribution in [1.29, 1.82) is 0 Å². The molecule has 1 atom stereocenters. The second kappa shape index (κ2) is 10.2. The van der Waals surface area contributed by atoms with E-state index in [1.807, 2.05) is 0 Å². The van der Waals surface area contributed by atoms with Crippen LogP contribution in [0.3, 0.4) is 0 Å². The normalized spacial score (nSPS) is 24.9. The van der Waals surface area contributed by atoms with Crippen molar-refractivity contribution < 1.29 is 9.90 Å². The molecular weight excluding hydrogens is 278 g/mol. The van der Waals surface area contributed by atoms with Gasteiger partial charge in [-0.1, -0.05) is 19.3 Å². The van der Waals surface area contributed by atoms with E-state index >= 15 is 0 Å². The summed E-state index contributed by atoms with van der Waals surface area (Å²) in [5, 5.41) is 12.4. The van der Waals surface area contributed by atoms with Crippen LogP contribution < -0.4 is 5.32 Å². The fourth-order valence-corrected chi connectivity index (χ4v) is 3.62. The van der Waals surface area contributed by atoms with Crippen molar-refractivity contribution >= 4 is 5.91 Å². The van der Waals surface area contributed by atoms with E-state index in [2.05, 4.69) is 15.1 Å². The Morgan fingerprint density at radius 2 is 1.77 bits per heavy atom. The van der Waals surface area contributed by atoms with Crippen LogP contribution in [0.25, 0.3) is 0 Å². The number of hydrogen-bond donors (Lipinski definition) is 2. The maximum atomic E-state index is 12.0. The Kier molecular flexibility index (Phi) is 8.20. The van der Waals surface area contributed by atoms with Crippen molar-refractivity contribution in [2.24, 2.45) is 0 Å². The molecule has 2 saturated heterocycles. The molecule has 0 saturated carbocycles. The number of carbonyl (C=O) groups is 1. The lowest BCUT2D eigenvalue weighted by molar-refractivity contribution is -0.122. The average Bonchev–Trinajstić information content (AvgIpc) is 2.80. The van der Waals surface area contributed by atoms with Crippen molar-refractivity contribution in [3.63, 3.8) is 0 Å². The summed E-state index contributed by atoms with van der Waals surface area (Å²) < 4.78 is 0. The molecule has 0 radical (unpaired) electrons. The van der Waals surface area contributed by atoms with Crippen LogP contribution in [0.5, 0.6) is 0 Å². The third-order valence-corrected chi connectivity index (χ3v) is 4.97. The molecule has 2 N–H and O–H groups in total. The first-order valence-electron chi connectivity index (χ1n) is 9.13. The summed E-state index contributed by atoms with van der Waals surface area (Å²) in [6.07, 6.45) is 9.61. The molecule has 0 unspecified atom stereocenters. The molecule has 2 aliphatic rings. The van der Waals surface area contributed by atoms with Gasteiger partial charge in [-0.3, -0.25) is 14.6 Å². The highest BCUT2D eigenvalue weighted by Crippen LogP contribution is 2.16. The molecule has 5 nitrogen and oxygen atoms in total. The number of aliphatic hydroxyl groups is 1. The lowest BCUT2D eigenvalue weighted by Crippen LogP contribution is -2.43. The molecule has 1 amide bonds. The van der Waals surface area contributed by atoms with Gasteiger partial charge in [-0.25, -0.2) is 0 Å². The van der Waals surface area contributed by atoms with Gasteiger partial charge in [0.05, 0.1) is 13.2 Å². The monoisotopic (exact) mass is 311 g/mol. The zero-order valence-corrected chi connectivity index (χ0v) is 13.9. The zero-order valence-electron chi connectivity index (χ0n) is 13.9. The molecule has 0 aromatic rings. The molecule has 0 aromatic carbocycles. The second-order valence-corrected chi connectivity index (χ2v) is 6.76.